The van der Waals surface area contributed by atoms with Crippen molar-refractivity contribution in [2.75, 3.05) is 11.1 Å². The molecule has 1 aliphatic carbocycles. The zero-order valence-electron chi connectivity index (χ0n) is 17.2. The van der Waals surface area contributed by atoms with Gasteiger partial charge in [-0.25, -0.2) is 8.78 Å². The number of amides is 1. The molecule has 3 aromatic rings. The number of hydrogen-bond acceptors (Lipinski definition) is 3. The lowest BCUT2D eigenvalue weighted by Gasteiger charge is -2.10. The second-order valence-electron chi connectivity index (χ2n) is 7.90. The molecule has 1 fully saturated rings. The summed E-state index contributed by atoms with van der Waals surface area (Å²) in [6.45, 7) is 0. The molecule has 3 aromatic carbocycles. The smallest absolute Gasteiger partial charge is 0.231 e. The van der Waals surface area contributed by atoms with Crippen LogP contribution >= 0.6 is 46.4 Å². The van der Waals surface area contributed by atoms with E-state index in [4.69, 9.17) is 52.1 Å². The molecule has 2 atom stereocenters. The molecule has 0 saturated heterocycles. The highest BCUT2D eigenvalue weighted by Gasteiger charge is 2.67. The van der Waals surface area contributed by atoms with E-state index >= 15 is 0 Å². The lowest BCUT2D eigenvalue weighted by atomic mass is 10.0. The zero-order chi connectivity index (χ0) is 24.8. The Balaban J connectivity index is 1.51. The van der Waals surface area contributed by atoms with Gasteiger partial charge in [0.2, 0.25) is 5.91 Å². The van der Waals surface area contributed by atoms with Gasteiger partial charge in [-0.05, 0) is 47.5 Å². The molecule has 176 valence electrons. The Kier molecular flexibility index (Phi) is 6.80. The summed E-state index contributed by atoms with van der Waals surface area (Å²) in [4.78, 5) is 25.7. The lowest BCUT2D eigenvalue weighted by Crippen LogP contribution is -2.17. The molecule has 1 amide bonds. The fourth-order valence-corrected chi connectivity index (χ4v) is 4.97. The van der Waals surface area contributed by atoms with Crippen LogP contribution in [0, 0.1) is 17.6 Å². The summed E-state index contributed by atoms with van der Waals surface area (Å²) in [6, 6.07) is 13.3. The van der Waals surface area contributed by atoms with Crippen LogP contribution in [0.15, 0.2) is 54.6 Å². The second-order valence-corrected chi connectivity index (χ2v) is 10.2. The van der Waals surface area contributed by atoms with Crippen LogP contribution in [0.4, 0.5) is 20.2 Å². The van der Waals surface area contributed by atoms with Gasteiger partial charge in [0.25, 0.3) is 0 Å². The van der Waals surface area contributed by atoms with Crippen LogP contribution in [0.1, 0.15) is 27.4 Å². The van der Waals surface area contributed by atoms with Crippen molar-refractivity contribution in [1.29, 1.82) is 0 Å². The van der Waals surface area contributed by atoms with Crippen LogP contribution in [-0.4, -0.2) is 16.0 Å². The SMILES string of the molecule is Nc1c(F)ccc(CC(=O)c2cc(NC(=O)C3C(c4ccc(Cl)cc4)C3(Cl)Cl)ccc2Cl)c1F. The van der Waals surface area contributed by atoms with Gasteiger partial charge in [-0.2, -0.15) is 0 Å². The minimum Gasteiger partial charge on any atom is -0.394 e. The van der Waals surface area contributed by atoms with Gasteiger partial charge in [0, 0.05) is 28.6 Å². The summed E-state index contributed by atoms with van der Waals surface area (Å²) < 4.78 is 26.3. The molecule has 4 rings (SSSR count). The maximum absolute atomic E-state index is 14.2. The maximum Gasteiger partial charge on any atom is 0.231 e. The number of alkyl halides is 2. The highest BCUT2D eigenvalue weighted by molar-refractivity contribution is 6.53. The Morgan fingerprint density at radius 3 is 2.35 bits per heavy atom. The number of anilines is 2. The van der Waals surface area contributed by atoms with E-state index in [9.17, 15) is 18.4 Å². The quantitative estimate of drug-likeness (QED) is 0.204. The molecule has 3 N–H and O–H groups in total. The molecular weight excluding hydrogens is 528 g/mol. The van der Waals surface area contributed by atoms with E-state index in [1.165, 1.54) is 18.2 Å². The van der Waals surface area contributed by atoms with Crippen molar-refractivity contribution >= 4 is 69.5 Å². The number of nitrogens with one attached hydrogen (secondary N) is 1. The predicted octanol–water partition coefficient (Wildman–Crippen LogP) is 6.81. The van der Waals surface area contributed by atoms with E-state index in [2.05, 4.69) is 5.32 Å². The van der Waals surface area contributed by atoms with E-state index in [0.29, 0.717) is 5.02 Å². The van der Waals surface area contributed by atoms with Gasteiger partial charge in [-0.1, -0.05) is 41.4 Å². The first-order valence-corrected chi connectivity index (χ1v) is 11.5. The van der Waals surface area contributed by atoms with Crippen LogP contribution in [0.5, 0.6) is 0 Å². The molecule has 34 heavy (non-hydrogen) atoms. The molecular formula is C24H16Cl4F2N2O2. The van der Waals surface area contributed by atoms with Crippen LogP contribution in [0.2, 0.25) is 10.0 Å². The molecule has 2 unspecified atom stereocenters. The van der Waals surface area contributed by atoms with E-state index < -0.39 is 51.6 Å². The number of nitrogen functional groups attached to an aromatic ring is 1. The lowest BCUT2D eigenvalue weighted by molar-refractivity contribution is -0.117. The van der Waals surface area contributed by atoms with Gasteiger partial charge in [-0.3, -0.25) is 9.59 Å². The van der Waals surface area contributed by atoms with Gasteiger partial charge in [0.05, 0.1) is 10.9 Å². The highest BCUT2D eigenvalue weighted by atomic mass is 35.5. The third-order valence-corrected chi connectivity index (χ3v) is 7.18. The number of halogens is 6. The number of Topliss-reactive ketones (excluding diaryl/α,β-unsaturated/α-hetero) is 1. The van der Waals surface area contributed by atoms with Gasteiger partial charge in [-0.15, -0.1) is 23.2 Å². The van der Waals surface area contributed by atoms with Gasteiger partial charge in [0.15, 0.2) is 11.6 Å². The Morgan fingerprint density at radius 1 is 1.00 bits per heavy atom. The van der Waals surface area contributed by atoms with Crippen LogP contribution in [0.3, 0.4) is 0 Å². The number of rotatable bonds is 6. The van der Waals surface area contributed by atoms with Gasteiger partial charge >= 0.3 is 0 Å². The van der Waals surface area contributed by atoms with E-state index in [1.807, 2.05) is 0 Å². The van der Waals surface area contributed by atoms with E-state index in [-0.39, 0.29) is 21.8 Å². The molecule has 4 nitrogen and oxygen atoms in total. The molecule has 10 heteroatoms. The topological polar surface area (TPSA) is 72.2 Å². The number of ketones is 1. The fraction of sp³-hybridized carbons (Fsp3) is 0.167. The van der Waals surface area contributed by atoms with Gasteiger partial charge in [0.1, 0.15) is 15.8 Å². The van der Waals surface area contributed by atoms with E-state index in [0.717, 1.165) is 17.7 Å². The molecule has 0 radical (unpaired) electrons. The highest BCUT2D eigenvalue weighted by Crippen LogP contribution is 2.65. The molecule has 0 bridgehead atoms. The summed E-state index contributed by atoms with van der Waals surface area (Å²) in [6.07, 6.45) is -0.402. The van der Waals surface area contributed by atoms with Crippen LogP contribution < -0.4 is 11.1 Å². The van der Waals surface area contributed by atoms with Crippen molar-refractivity contribution in [3.05, 3.63) is 93.0 Å². The number of nitrogens with two attached hydrogens (primary N) is 1. The van der Waals surface area contributed by atoms with E-state index in [1.54, 1.807) is 24.3 Å². The van der Waals surface area contributed by atoms with Crippen molar-refractivity contribution in [3.63, 3.8) is 0 Å². The standard InChI is InChI=1S/C24H16Cl4F2N2O2/c25-13-4-1-11(2-5-13)19-20(24(19,27)28)23(34)32-14-6-7-16(26)15(10-14)18(33)9-12-3-8-17(29)22(31)21(12)30/h1-8,10,19-20H,9,31H2,(H,32,34). The third-order valence-electron chi connectivity index (χ3n) is 5.66. The van der Waals surface area contributed by atoms with Gasteiger partial charge < -0.3 is 11.1 Å². The van der Waals surface area contributed by atoms with Crippen molar-refractivity contribution in [2.24, 2.45) is 5.92 Å². The predicted molar refractivity (Wildman–Crippen MR) is 131 cm³/mol. The van der Waals surface area contributed by atoms with Crippen LogP contribution in [-0.2, 0) is 11.2 Å². The van der Waals surface area contributed by atoms with Crippen molar-refractivity contribution in [1.82, 2.24) is 0 Å². The number of carbonyl (C=O) groups is 2. The molecule has 0 heterocycles. The van der Waals surface area contributed by atoms with Crippen molar-refractivity contribution in [2.45, 2.75) is 16.7 Å². The summed E-state index contributed by atoms with van der Waals surface area (Å²) in [5, 5.41) is 3.34. The summed E-state index contributed by atoms with van der Waals surface area (Å²) in [7, 11) is 0. The zero-order valence-corrected chi connectivity index (χ0v) is 20.2. The average molecular weight is 544 g/mol. The average Bonchev–Trinajstić information content (AvgIpc) is 3.37. The molecule has 1 saturated carbocycles. The largest absolute Gasteiger partial charge is 0.394 e. The van der Waals surface area contributed by atoms with Crippen molar-refractivity contribution in [3.8, 4) is 0 Å². The second kappa shape index (κ2) is 9.34. The molecule has 0 spiro atoms. The molecule has 0 aliphatic heterocycles. The number of hydrogen-bond donors (Lipinski definition) is 2. The summed E-state index contributed by atoms with van der Waals surface area (Å²) >= 11 is 24.8. The van der Waals surface area contributed by atoms with Crippen LogP contribution in [0.25, 0.3) is 0 Å². The number of carbonyl (C=O) groups excluding carboxylic acids is 2. The minimum atomic E-state index is -1.30. The fourth-order valence-electron chi connectivity index (χ4n) is 3.79. The Labute approximate surface area is 213 Å². The normalized spacial score (nSPS) is 18.4. The summed E-state index contributed by atoms with van der Waals surface area (Å²) in [5.74, 6) is -4.07. The number of benzene rings is 3. The Morgan fingerprint density at radius 2 is 1.68 bits per heavy atom. The first kappa shape index (κ1) is 24.7. The third kappa shape index (κ3) is 4.73. The first-order valence-electron chi connectivity index (χ1n) is 10.00. The first-order chi connectivity index (χ1) is 16.0. The Hall–Kier alpha value is -2.38. The maximum atomic E-state index is 14.2. The minimum absolute atomic E-state index is 0.0508. The summed E-state index contributed by atoms with van der Waals surface area (Å²) in [5.41, 5.74) is 5.72. The molecule has 1 aliphatic rings. The monoisotopic (exact) mass is 542 g/mol. The Bertz CT molecular complexity index is 1300. The van der Waals surface area contributed by atoms with Crippen molar-refractivity contribution < 1.29 is 18.4 Å². The molecule has 0 aromatic heterocycles.